The summed E-state index contributed by atoms with van der Waals surface area (Å²) in [6, 6.07) is 7.33. The Balaban J connectivity index is 1.89. The molecule has 3 rings (SSSR count). The van der Waals surface area contributed by atoms with E-state index in [1.807, 2.05) is 35.9 Å². The number of imidazole rings is 1. The monoisotopic (exact) mass is 337 g/mol. The van der Waals surface area contributed by atoms with Crippen LogP contribution in [0.4, 0.5) is 5.69 Å². The zero-order valence-electron chi connectivity index (χ0n) is 14.3. The van der Waals surface area contributed by atoms with Gasteiger partial charge in [-0.1, -0.05) is 12.1 Å². The Bertz CT molecular complexity index is 987. The first-order valence-corrected chi connectivity index (χ1v) is 8.00. The van der Waals surface area contributed by atoms with E-state index in [0.717, 1.165) is 17.9 Å². The number of nitrogens with one attached hydrogen (secondary N) is 2. The van der Waals surface area contributed by atoms with E-state index in [-0.39, 0.29) is 5.69 Å². The van der Waals surface area contributed by atoms with E-state index in [1.165, 1.54) is 0 Å². The maximum atomic E-state index is 12.4. The van der Waals surface area contributed by atoms with Crippen molar-refractivity contribution in [3.05, 3.63) is 64.1 Å². The summed E-state index contributed by atoms with van der Waals surface area (Å²) in [5, 5.41) is 2.73. The lowest BCUT2D eigenvalue weighted by atomic mass is 10.2. The summed E-state index contributed by atoms with van der Waals surface area (Å²) < 4.78 is 2.01. The van der Waals surface area contributed by atoms with Gasteiger partial charge in [0.05, 0.1) is 5.69 Å². The van der Waals surface area contributed by atoms with Crippen LogP contribution < -0.4 is 10.9 Å². The van der Waals surface area contributed by atoms with Gasteiger partial charge in [-0.2, -0.15) is 0 Å². The first-order valence-electron chi connectivity index (χ1n) is 8.00. The lowest BCUT2D eigenvalue weighted by molar-refractivity contribution is 0.102. The van der Waals surface area contributed by atoms with Crippen LogP contribution >= 0.6 is 0 Å². The minimum Gasteiger partial charge on any atom is -0.331 e. The summed E-state index contributed by atoms with van der Waals surface area (Å²) in [5.41, 5.74) is 2.07. The first kappa shape index (κ1) is 16.6. The van der Waals surface area contributed by atoms with Gasteiger partial charge in [-0.3, -0.25) is 9.59 Å². The fourth-order valence-electron chi connectivity index (χ4n) is 2.53. The number of amides is 1. The summed E-state index contributed by atoms with van der Waals surface area (Å²) in [7, 11) is 0. The van der Waals surface area contributed by atoms with Crippen molar-refractivity contribution in [1.82, 2.24) is 19.5 Å². The van der Waals surface area contributed by atoms with Crippen molar-refractivity contribution in [2.75, 3.05) is 5.32 Å². The van der Waals surface area contributed by atoms with Gasteiger partial charge in [0.25, 0.3) is 11.5 Å². The van der Waals surface area contributed by atoms with Crippen LogP contribution in [0.15, 0.2) is 41.5 Å². The molecule has 128 valence electrons. The number of hydrogen-bond acceptors (Lipinski definition) is 4. The second-order valence-electron chi connectivity index (χ2n) is 5.70. The molecule has 0 aliphatic carbocycles. The third kappa shape index (κ3) is 3.35. The van der Waals surface area contributed by atoms with Gasteiger partial charge in [-0.05, 0) is 32.9 Å². The van der Waals surface area contributed by atoms with Crippen molar-refractivity contribution in [3.8, 4) is 11.4 Å². The number of rotatable bonds is 4. The van der Waals surface area contributed by atoms with Crippen molar-refractivity contribution in [1.29, 1.82) is 0 Å². The molecule has 2 N–H and O–H groups in total. The normalized spacial score (nSPS) is 10.7. The third-order valence-electron chi connectivity index (χ3n) is 3.99. The Morgan fingerprint density at radius 1 is 1.32 bits per heavy atom. The molecule has 0 bridgehead atoms. The van der Waals surface area contributed by atoms with E-state index < -0.39 is 11.5 Å². The lowest BCUT2D eigenvalue weighted by Crippen LogP contribution is -2.26. The molecule has 0 aliphatic heterocycles. The second-order valence-corrected chi connectivity index (χ2v) is 5.70. The standard InChI is InChI=1S/C18H19N5O2/c1-4-23-9-8-19-16(23)13-6-5-7-14(10-13)22-18(25)15-17(24)21-12(3)11(2)20-15/h5-10H,4H2,1-3H3,(H,21,24)(H,22,25). The van der Waals surface area contributed by atoms with E-state index in [1.54, 1.807) is 26.1 Å². The fourth-order valence-corrected chi connectivity index (χ4v) is 2.53. The highest BCUT2D eigenvalue weighted by atomic mass is 16.2. The average molecular weight is 337 g/mol. The van der Waals surface area contributed by atoms with Crippen LogP contribution in [-0.4, -0.2) is 25.4 Å². The number of nitrogens with zero attached hydrogens (tertiary/aromatic N) is 3. The minimum absolute atomic E-state index is 0.149. The predicted octanol–water partition coefficient (Wildman–Crippen LogP) is 2.52. The van der Waals surface area contributed by atoms with Crippen molar-refractivity contribution < 1.29 is 4.79 Å². The Morgan fingerprint density at radius 3 is 2.88 bits per heavy atom. The highest BCUT2D eigenvalue weighted by molar-refractivity contribution is 6.02. The maximum absolute atomic E-state index is 12.4. The van der Waals surface area contributed by atoms with Crippen LogP contribution in [0.1, 0.15) is 28.8 Å². The van der Waals surface area contributed by atoms with Crippen LogP contribution in [0.25, 0.3) is 11.4 Å². The molecule has 1 amide bonds. The van der Waals surface area contributed by atoms with Crippen LogP contribution in [-0.2, 0) is 6.54 Å². The molecule has 7 heteroatoms. The van der Waals surface area contributed by atoms with Crippen molar-refractivity contribution in [2.45, 2.75) is 27.3 Å². The molecule has 0 aliphatic rings. The summed E-state index contributed by atoms with van der Waals surface area (Å²) in [4.78, 5) is 35.5. The van der Waals surface area contributed by atoms with Crippen LogP contribution in [0.3, 0.4) is 0 Å². The molecule has 2 aromatic heterocycles. The van der Waals surface area contributed by atoms with Gasteiger partial charge in [-0.15, -0.1) is 0 Å². The zero-order valence-corrected chi connectivity index (χ0v) is 14.3. The van der Waals surface area contributed by atoms with Crippen LogP contribution in [0.2, 0.25) is 0 Å². The van der Waals surface area contributed by atoms with E-state index in [0.29, 0.717) is 17.1 Å². The van der Waals surface area contributed by atoms with Gasteiger partial charge in [0.15, 0.2) is 5.69 Å². The fraction of sp³-hybridized carbons (Fsp3) is 0.222. The molecular formula is C18H19N5O2. The van der Waals surface area contributed by atoms with Gasteiger partial charge >= 0.3 is 0 Å². The summed E-state index contributed by atoms with van der Waals surface area (Å²) in [6.45, 7) is 6.32. The van der Waals surface area contributed by atoms with E-state index in [2.05, 4.69) is 20.3 Å². The van der Waals surface area contributed by atoms with E-state index in [9.17, 15) is 9.59 Å². The van der Waals surface area contributed by atoms with E-state index in [4.69, 9.17) is 0 Å². The number of carbonyl (C=O) groups is 1. The van der Waals surface area contributed by atoms with Gasteiger partial charge in [0.2, 0.25) is 0 Å². The molecule has 1 aromatic carbocycles. The minimum atomic E-state index is -0.541. The van der Waals surface area contributed by atoms with Crippen molar-refractivity contribution in [3.63, 3.8) is 0 Å². The van der Waals surface area contributed by atoms with Crippen molar-refractivity contribution >= 4 is 11.6 Å². The van der Waals surface area contributed by atoms with Gasteiger partial charge in [-0.25, -0.2) is 9.97 Å². The maximum Gasteiger partial charge on any atom is 0.280 e. The molecule has 25 heavy (non-hydrogen) atoms. The van der Waals surface area contributed by atoms with Gasteiger partial charge in [0.1, 0.15) is 5.82 Å². The molecule has 0 saturated heterocycles. The molecule has 0 saturated carbocycles. The second kappa shape index (κ2) is 6.72. The summed E-state index contributed by atoms with van der Waals surface area (Å²) in [5.74, 6) is 0.279. The molecule has 0 unspecified atom stereocenters. The van der Waals surface area contributed by atoms with Crippen molar-refractivity contribution in [2.24, 2.45) is 0 Å². The van der Waals surface area contributed by atoms with Gasteiger partial charge < -0.3 is 14.9 Å². The highest BCUT2D eigenvalue weighted by Crippen LogP contribution is 2.21. The summed E-state index contributed by atoms with van der Waals surface area (Å²) in [6.07, 6.45) is 3.64. The Morgan fingerprint density at radius 2 is 2.12 bits per heavy atom. The Kier molecular flexibility index (Phi) is 4.47. The Hall–Kier alpha value is -3.22. The number of hydrogen-bond donors (Lipinski definition) is 2. The van der Waals surface area contributed by atoms with E-state index >= 15 is 0 Å². The molecule has 3 aromatic rings. The topological polar surface area (TPSA) is 92.7 Å². The first-order chi connectivity index (χ1) is 12.0. The number of carbonyl (C=O) groups excluding carboxylic acids is 1. The van der Waals surface area contributed by atoms with Gasteiger partial charge in [0, 0.05) is 35.9 Å². The summed E-state index contributed by atoms with van der Waals surface area (Å²) >= 11 is 0. The molecule has 0 radical (unpaired) electrons. The smallest absolute Gasteiger partial charge is 0.280 e. The predicted molar refractivity (Wildman–Crippen MR) is 95.6 cm³/mol. The van der Waals surface area contributed by atoms with Crippen LogP contribution in [0, 0.1) is 13.8 Å². The molecular weight excluding hydrogens is 318 g/mol. The number of H-pyrrole nitrogens is 1. The van der Waals surface area contributed by atoms with Crippen LogP contribution in [0.5, 0.6) is 0 Å². The average Bonchev–Trinajstić information content (AvgIpc) is 3.07. The highest BCUT2D eigenvalue weighted by Gasteiger charge is 2.15. The molecule has 0 fully saturated rings. The zero-order chi connectivity index (χ0) is 18.0. The molecule has 7 nitrogen and oxygen atoms in total. The third-order valence-corrected chi connectivity index (χ3v) is 3.99. The number of aryl methyl sites for hydroxylation is 3. The largest absolute Gasteiger partial charge is 0.331 e. The number of anilines is 1. The SMILES string of the molecule is CCn1ccnc1-c1cccc(NC(=O)c2nc(C)c(C)[nH]c2=O)c1. The quantitative estimate of drug-likeness (QED) is 0.765. The number of aromatic nitrogens is 4. The molecule has 0 atom stereocenters. The Labute approximate surface area is 144 Å². The number of benzene rings is 1. The number of aromatic amines is 1. The molecule has 2 heterocycles. The molecule has 0 spiro atoms. The lowest BCUT2D eigenvalue weighted by Gasteiger charge is -2.09.